The Hall–Kier alpha value is -4.17. The van der Waals surface area contributed by atoms with E-state index >= 15 is 0 Å². The van der Waals surface area contributed by atoms with E-state index in [1.54, 1.807) is 12.1 Å². The predicted molar refractivity (Wildman–Crippen MR) is 151 cm³/mol. The van der Waals surface area contributed by atoms with Crippen molar-refractivity contribution in [1.29, 1.82) is 0 Å². The molecule has 0 aromatic heterocycles. The molecule has 0 bridgehead atoms. The average molecular weight is 530 g/mol. The van der Waals surface area contributed by atoms with Crippen LogP contribution < -0.4 is 9.62 Å². The summed E-state index contributed by atoms with van der Waals surface area (Å²) >= 11 is 0. The molecule has 4 aromatic carbocycles. The van der Waals surface area contributed by atoms with E-state index in [0.29, 0.717) is 5.69 Å². The first-order chi connectivity index (χ1) is 18.3. The van der Waals surface area contributed by atoms with E-state index < -0.39 is 28.5 Å². The Morgan fingerprint density at radius 2 is 1.37 bits per heavy atom. The molecular weight excluding hydrogens is 498 g/mol. The maximum atomic E-state index is 14.0. The summed E-state index contributed by atoms with van der Waals surface area (Å²) in [6.45, 7) is -0.292. The zero-order valence-electron chi connectivity index (χ0n) is 21.4. The fraction of sp³-hybridized carbons (Fsp3) is 0.200. The molecule has 196 valence electrons. The van der Waals surface area contributed by atoms with Crippen LogP contribution in [0.4, 0.5) is 5.69 Å². The molecule has 0 radical (unpaired) electrons. The number of rotatable bonds is 10. The number of carbonyl (C=O) groups is 2. The summed E-state index contributed by atoms with van der Waals surface area (Å²) in [7, 11) is -2.30. The van der Waals surface area contributed by atoms with E-state index in [1.807, 2.05) is 91.0 Å². The van der Waals surface area contributed by atoms with Crippen molar-refractivity contribution >= 4 is 38.3 Å². The molecule has 0 saturated heterocycles. The molecule has 0 aliphatic carbocycles. The maximum absolute atomic E-state index is 14.0. The molecule has 2 amide bonds. The number of nitrogens with zero attached hydrogens (tertiary/aromatic N) is 2. The fourth-order valence-electron chi connectivity index (χ4n) is 4.52. The Bertz CT molecular complexity index is 1500. The van der Waals surface area contributed by atoms with Gasteiger partial charge in [0.1, 0.15) is 12.6 Å². The molecule has 8 heteroatoms. The van der Waals surface area contributed by atoms with E-state index in [1.165, 1.54) is 11.9 Å². The Labute approximate surface area is 223 Å². The third-order valence-corrected chi connectivity index (χ3v) is 7.55. The summed E-state index contributed by atoms with van der Waals surface area (Å²) in [4.78, 5) is 28.6. The first-order valence-electron chi connectivity index (χ1n) is 12.3. The van der Waals surface area contributed by atoms with Gasteiger partial charge in [-0.15, -0.1) is 0 Å². The summed E-state index contributed by atoms with van der Waals surface area (Å²) in [6.07, 6.45) is 1.37. The lowest BCUT2D eigenvalue weighted by Gasteiger charge is -2.33. The molecular formula is C30H31N3O4S. The lowest BCUT2D eigenvalue weighted by atomic mass is 10.0. The van der Waals surface area contributed by atoms with Gasteiger partial charge in [-0.3, -0.25) is 13.9 Å². The number of anilines is 1. The number of nitrogens with one attached hydrogen (secondary N) is 1. The fourth-order valence-corrected chi connectivity index (χ4v) is 5.38. The van der Waals surface area contributed by atoms with Crippen molar-refractivity contribution < 1.29 is 18.0 Å². The number of likely N-dealkylation sites (N-methyl/N-ethyl adjacent to an activating group) is 1. The molecule has 4 rings (SSSR count). The Morgan fingerprint density at radius 1 is 0.789 bits per heavy atom. The zero-order valence-corrected chi connectivity index (χ0v) is 22.3. The van der Waals surface area contributed by atoms with Crippen molar-refractivity contribution in [3.63, 3.8) is 0 Å². The van der Waals surface area contributed by atoms with E-state index in [2.05, 4.69) is 5.32 Å². The van der Waals surface area contributed by atoms with Crippen molar-refractivity contribution in [1.82, 2.24) is 10.2 Å². The van der Waals surface area contributed by atoms with Gasteiger partial charge in [-0.2, -0.15) is 0 Å². The quantitative estimate of drug-likeness (QED) is 0.337. The van der Waals surface area contributed by atoms with Crippen LogP contribution >= 0.6 is 0 Å². The van der Waals surface area contributed by atoms with Crippen LogP contribution in [0.5, 0.6) is 0 Å². The van der Waals surface area contributed by atoms with Gasteiger partial charge in [0, 0.05) is 25.4 Å². The largest absolute Gasteiger partial charge is 0.357 e. The number of hydrogen-bond donors (Lipinski definition) is 1. The highest BCUT2D eigenvalue weighted by Gasteiger charge is 2.32. The summed E-state index contributed by atoms with van der Waals surface area (Å²) < 4.78 is 27.2. The Balaban J connectivity index is 1.75. The van der Waals surface area contributed by atoms with Crippen LogP contribution in [0.2, 0.25) is 0 Å². The molecule has 0 spiro atoms. The van der Waals surface area contributed by atoms with Crippen LogP contribution in [0.25, 0.3) is 10.8 Å². The standard InChI is InChI=1S/C30H31N3O4S/c1-31-30(35)28(20-23-12-5-3-6-13-23)32(21-24-14-7-4-8-15-24)29(34)22-33(38(2,36)37)27-19-11-17-25-16-9-10-18-26(25)27/h3-19,28H,20-22H2,1-2H3,(H,31,35)/t28-/m0/s1. The number of hydrogen-bond acceptors (Lipinski definition) is 4. The molecule has 0 heterocycles. The van der Waals surface area contributed by atoms with Crippen LogP contribution in [0.15, 0.2) is 103 Å². The second kappa shape index (κ2) is 11.9. The minimum absolute atomic E-state index is 0.151. The second-order valence-electron chi connectivity index (χ2n) is 9.09. The third kappa shape index (κ3) is 6.39. The van der Waals surface area contributed by atoms with Crippen LogP contribution in [0.3, 0.4) is 0 Å². The minimum atomic E-state index is -3.84. The lowest BCUT2D eigenvalue weighted by Crippen LogP contribution is -2.52. The molecule has 0 aliphatic heterocycles. The molecule has 0 aliphatic rings. The summed E-state index contributed by atoms with van der Waals surface area (Å²) in [5.74, 6) is -0.800. The van der Waals surface area contributed by atoms with Crippen molar-refractivity contribution in [2.45, 2.75) is 19.0 Å². The summed E-state index contributed by atoms with van der Waals surface area (Å²) in [5.41, 5.74) is 2.14. The smallest absolute Gasteiger partial charge is 0.244 e. The molecule has 0 fully saturated rings. The number of fused-ring (bicyclic) bond motifs is 1. The van der Waals surface area contributed by atoms with Crippen molar-refractivity contribution in [3.8, 4) is 0 Å². The molecule has 1 N–H and O–H groups in total. The van der Waals surface area contributed by atoms with Gasteiger partial charge in [-0.1, -0.05) is 97.1 Å². The Morgan fingerprint density at radius 3 is 2.00 bits per heavy atom. The number of sulfonamides is 1. The van der Waals surface area contributed by atoms with Gasteiger partial charge in [0.15, 0.2) is 0 Å². The van der Waals surface area contributed by atoms with Gasteiger partial charge in [0.25, 0.3) is 0 Å². The first-order valence-corrected chi connectivity index (χ1v) is 14.2. The predicted octanol–water partition coefficient (Wildman–Crippen LogP) is 3.99. The highest BCUT2D eigenvalue weighted by atomic mass is 32.2. The van der Waals surface area contributed by atoms with Gasteiger partial charge in [0.2, 0.25) is 21.8 Å². The minimum Gasteiger partial charge on any atom is -0.357 e. The van der Waals surface area contributed by atoms with Crippen LogP contribution in [0, 0.1) is 0 Å². The van der Waals surface area contributed by atoms with Crippen LogP contribution in [0.1, 0.15) is 11.1 Å². The van der Waals surface area contributed by atoms with E-state index in [4.69, 9.17) is 0 Å². The number of benzene rings is 4. The maximum Gasteiger partial charge on any atom is 0.244 e. The second-order valence-corrected chi connectivity index (χ2v) is 11.0. The van der Waals surface area contributed by atoms with Crippen molar-refractivity contribution in [2.24, 2.45) is 0 Å². The first kappa shape index (κ1) is 26.9. The Kier molecular flexibility index (Phi) is 8.43. The molecule has 1 atom stereocenters. The number of carbonyl (C=O) groups excluding carboxylic acids is 2. The topological polar surface area (TPSA) is 86.8 Å². The third-order valence-electron chi connectivity index (χ3n) is 6.43. The van der Waals surface area contributed by atoms with Crippen molar-refractivity contribution in [2.75, 3.05) is 24.2 Å². The van der Waals surface area contributed by atoms with Gasteiger partial charge in [0.05, 0.1) is 11.9 Å². The van der Waals surface area contributed by atoms with Gasteiger partial charge >= 0.3 is 0 Å². The van der Waals surface area contributed by atoms with Crippen molar-refractivity contribution in [3.05, 3.63) is 114 Å². The molecule has 38 heavy (non-hydrogen) atoms. The monoisotopic (exact) mass is 529 g/mol. The molecule has 0 unspecified atom stereocenters. The van der Waals surface area contributed by atoms with E-state index in [-0.39, 0.29) is 18.9 Å². The van der Waals surface area contributed by atoms with Gasteiger partial charge < -0.3 is 10.2 Å². The molecule has 0 saturated carbocycles. The summed E-state index contributed by atoms with van der Waals surface area (Å²) in [6, 6.07) is 30.8. The van der Waals surface area contributed by atoms with E-state index in [9.17, 15) is 18.0 Å². The van der Waals surface area contributed by atoms with Gasteiger partial charge in [-0.25, -0.2) is 8.42 Å². The normalized spacial score (nSPS) is 12.1. The zero-order chi connectivity index (χ0) is 27.1. The molecule has 4 aromatic rings. The van der Waals surface area contributed by atoms with Gasteiger partial charge in [-0.05, 0) is 22.6 Å². The SMILES string of the molecule is CNC(=O)[C@H](Cc1ccccc1)N(Cc1ccccc1)C(=O)CN(c1cccc2ccccc12)S(C)(=O)=O. The van der Waals surface area contributed by atoms with E-state index in [0.717, 1.165) is 32.5 Å². The average Bonchev–Trinajstić information content (AvgIpc) is 2.93. The highest BCUT2D eigenvalue weighted by Crippen LogP contribution is 2.29. The van der Waals surface area contributed by atoms with Crippen LogP contribution in [-0.2, 0) is 32.6 Å². The molecule has 7 nitrogen and oxygen atoms in total. The lowest BCUT2D eigenvalue weighted by molar-refractivity contribution is -0.139. The summed E-state index contributed by atoms with van der Waals surface area (Å²) in [5, 5.41) is 4.26. The highest BCUT2D eigenvalue weighted by molar-refractivity contribution is 7.92. The number of amides is 2. The van der Waals surface area contributed by atoms with Crippen LogP contribution in [-0.4, -0.2) is 51.0 Å².